The van der Waals surface area contributed by atoms with Gasteiger partial charge >= 0.3 is 0 Å². The Labute approximate surface area is 165 Å². The number of hydrogen-bond acceptors (Lipinski definition) is 5. The molecular weight excluding hydrogens is 354 g/mol. The normalized spacial score (nSPS) is 23.7. The van der Waals surface area contributed by atoms with Crippen LogP contribution in [0.2, 0.25) is 0 Å². The highest BCUT2D eigenvalue weighted by molar-refractivity contribution is 5.94. The van der Waals surface area contributed by atoms with Gasteiger partial charge < -0.3 is 14.4 Å². The van der Waals surface area contributed by atoms with Crippen LogP contribution < -0.4 is 9.47 Å². The van der Waals surface area contributed by atoms with E-state index in [9.17, 15) is 4.79 Å². The van der Waals surface area contributed by atoms with Crippen LogP contribution >= 0.6 is 0 Å². The Morgan fingerprint density at radius 1 is 1.18 bits per heavy atom. The SMILES string of the molecule is CC(C)COc1ccc(C(=O)N2C3CCC2CC(Oc2cccnc2)C3)cn1. The number of carbonyl (C=O) groups is 1. The lowest BCUT2D eigenvalue weighted by atomic mass is 9.98. The standard InChI is InChI=1S/C22H27N3O3/c1-15(2)14-27-21-8-5-16(12-24-21)22(26)25-17-6-7-18(25)11-20(10-17)28-19-4-3-9-23-13-19/h3-5,8-9,12-13,15,17-18,20H,6-7,10-11,14H2,1-2H3. The molecule has 4 rings (SSSR count). The highest BCUT2D eigenvalue weighted by Gasteiger charge is 2.44. The molecule has 2 unspecified atom stereocenters. The first-order valence-corrected chi connectivity index (χ1v) is 10.1. The van der Waals surface area contributed by atoms with Crippen molar-refractivity contribution in [2.75, 3.05) is 6.61 Å². The number of carbonyl (C=O) groups excluding carboxylic acids is 1. The highest BCUT2D eigenvalue weighted by atomic mass is 16.5. The van der Waals surface area contributed by atoms with Crippen molar-refractivity contribution >= 4 is 5.91 Å². The molecule has 2 fully saturated rings. The van der Waals surface area contributed by atoms with Gasteiger partial charge in [-0.2, -0.15) is 0 Å². The highest BCUT2D eigenvalue weighted by Crippen LogP contribution is 2.38. The summed E-state index contributed by atoms with van der Waals surface area (Å²) in [4.78, 5) is 23.6. The van der Waals surface area contributed by atoms with Crippen LogP contribution in [0.25, 0.3) is 0 Å². The van der Waals surface area contributed by atoms with Gasteiger partial charge in [0.25, 0.3) is 5.91 Å². The third-order valence-electron chi connectivity index (χ3n) is 5.41. The molecule has 28 heavy (non-hydrogen) atoms. The molecule has 2 bridgehead atoms. The Morgan fingerprint density at radius 2 is 1.96 bits per heavy atom. The number of fused-ring (bicyclic) bond motifs is 2. The molecule has 2 atom stereocenters. The molecule has 0 saturated carbocycles. The number of amides is 1. The van der Waals surface area contributed by atoms with E-state index in [0.717, 1.165) is 31.4 Å². The largest absolute Gasteiger partial charge is 0.489 e. The molecule has 2 aromatic heterocycles. The van der Waals surface area contributed by atoms with E-state index in [2.05, 4.69) is 28.7 Å². The molecule has 0 spiro atoms. The van der Waals surface area contributed by atoms with E-state index in [1.807, 2.05) is 18.2 Å². The summed E-state index contributed by atoms with van der Waals surface area (Å²) in [6.45, 7) is 4.81. The van der Waals surface area contributed by atoms with Gasteiger partial charge in [0.2, 0.25) is 5.88 Å². The van der Waals surface area contributed by atoms with Gasteiger partial charge in [-0.25, -0.2) is 4.98 Å². The molecule has 6 nitrogen and oxygen atoms in total. The third-order valence-corrected chi connectivity index (χ3v) is 5.41. The Hall–Kier alpha value is -2.63. The number of nitrogens with zero attached hydrogens (tertiary/aromatic N) is 3. The van der Waals surface area contributed by atoms with Gasteiger partial charge in [-0.1, -0.05) is 13.8 Å². The van der Waals surface area contributed by atoms with E-state index in [4.69, 9.17) is 9.47 Å². The first-order valence-electron chi connectivity index (χ1n) is 10.1. The van der Waals surface area contributed by atoms with Crippen molar-refractivity contribution in [2.45, 2.75) is 57.7 Å². The first kappa shape index (κ1) is 18.7. The van der Waals surface area contributed by atoms with Crippen LogP contribution in [-0.4, -0.2) is 45.6 Å². The molecule has 0 N–H and O–H groups in total. The van der Waals surface area contributed by atoms with Crippen molar-refractivity contribution in [2.24, 2.45) is 5.92 Å². The van der Waals surface area contributed by atoms with E-state index in [1.54, 1.807) is 24.7 Å². The zero-order chi connectivity index (χ0) is 19.5. The second-order valence-electron chi connectivity index (χ2n) is 8.09. The fourth-order valence-electron chi connectivity index (χ4n) is 4.16. The van der Waals surface area contributed by atoms with Gasteiger partial charge in [-0.3, -0.25) is 9.78 Å². The van der Waals surface area contributed by atoms with Crippen molar-refractivity contribution in [1.82, 2.24) is 14.9 Å². The molecule has 0 aromatic carbocycles. The molecule has 0 radical (unpaired) electrons. The molecule has 2 aliphatic rings. The van der Waals surface area contributed by atoms with Crippen molar-refractivity contribution in [3.8, 4) is 11.6 Å². The zero-order valence-corrected chi connectivity index (χ0v) is 16.5. The quantitative estimate of drug-likeness (QED) is 0.763. The number of rotatable bonds is 6. The second kappa shape index (κ2) is 8.17. The molecule has 0 aliphatic carbocycles. The van der Waals surface area contributed by atoms with Gasteiger partial charge in [0.15, 0.2) is 0 Å². The molecule has 4 heterocycles. The number of aromatic nitrogens is 2. The van der Waals surface area contributed by atoms with E-state index in [0.29, 0.717) is 24.0 Å². The first-order chi connectivity index (χ1) is 13.6. The number of hydrogen-bond donors (Lipinski definition) is 0. The molecular formula is C22H27N3O3. The Balaban J connectivity index is 1.39. The van der Waals surface area contributed by atoms with Crippen LogP contribution in [-0.2, 0) is 0 Å². The van der Waals surface area contributed by atoms with Crippen LogP contribution in [0.4, 0.5) is 0 Å². The van der Waals surface area contributed by atoms with Crippen molar-refractivity contribution in [1.29, 1.82) is 0 Å². The van der Waals surface area contributed by atoms with E-state index < -0.39 is 0 Å². The molecule has 1 amide bonds. The van der Waals surface area contributed by atoms with Gasteiger partial charge in [0.05, 0.1) is 18.4 Å². The minimum absolute atomic E-state index is 0.0650. The maximum atomic E-state index is 13.1. The maximum Gasteiger partial charge on any atom is 0.255 e. The lowest BCUT2D eigenvalue weighted by Gasteiger charge is -2.38. The molecule has 6 heteroatoms. The van der Waals surface area contributed by atoms with Crippen LogP contribution in [0.15, 0.2) is 42.9 Å². The van der Waals surface area contributed by atoms with Crippen LogP contribution in [0.3, 0.4) is 0 Å². The fraction of sp³-hybridized carbons (Fsp3) is 0.500. The molecule has 2 saturated heterocycles. The summed E-state index contributed by atoms with van der Waals surface area (Å²) in [6, 6.07) is 7.87. The van der Waals surface area contributed by atoms with Gasteiger partial charge in [-0.05, 0) is 37.0 Å². The second-order valence-corrected chi connectivity index (χ2v) is 8.09. The Morgan fingerprint density at radius 3 is 2.57 bits per heavy atom. The lowest BCUT2D eigenvalue weighted by molar-refractivity contribution is 0.0357. The minimum Gasteiger partial charge on any atom is -0.489 e. The summed E-state index contributed by atoms with van der Waals surface area (Å²) in [6.07, 6.45) is 9.05. The number of pyridine rings is 2. The minimum atomic E-state index is 0.0650. The summed E-state index contributed by atoms with van der Waals surface area (Å²) in [5.74, 6) is 1.87. The van der Waals surface area contributed by atoms with E-state index in [-0.39, 0.29) is 24.1 Å². The molecule has 148 valence electrons. The van der Waals surface area contributed by atoms with E-state index in [1.165, 1.54) is 0 Å². The number of ether oxygens (including phenoxy) is 2. The van der Waals surface area contributed by atoms with Crippen molar-refractivity contribution in [3.05, 3.63) is 48.4 Å². The monoisotopic (exact) mass is 381 g/mol. The summed E-state index contributed by atoms with van der Waals surface area (Å²) in [7, 11) is 0. The van der Waals surface area contributed by atoms with Gasteiger partial charge in [0, 0.05) is 43.4 Å². The predicted octanol–water partition coefficient (Wildman–Crippen LogP) is 3.73. The van der Waals surface area contributed by atoms with Crippen molar-refractivity contribution < 1.29 is 14.3 Å². The van der Waals surface area contributed by atoms with Gasteiger partial charge in [-0.15, -0.1) is 0 Å². The smallest absolute Gasteiger partial charge is 0.255 e. The molecule has 2 aromatic rings. The van der Waals surface area contributed by atoms with Crippen LogP contribution in [0.1, 0.15) is 49.9 Å². The van der Waals surface area contributed by atoms with Crippen LogP contribution in [0.5, 0.6) is 11.6 Å². The zero-order valence-electron chi connectivity index (χ0n) is 16.5. The predicted molar refractivity (Wildman–Crippen MR) is 105 cm³/mol. The average molecular weight is 381 g/mol. The lowest BCUT2D eigenvalue weighted by Crippen LogP contribution is -2.49. The fourth-order valence-corrected chi connectivity index (χ4v) is 4.16. The summed E-state index contributed by atoms with van der Waals surface area (Å²) in [5.41, 5.74) is 0.625. The summed E-state index contributed by atoms with van der Waals surface area (Å²) < 4.78 is 11.7. The van der Waals surface area contributed by atoms with Crippen molar-refractivity contribution in [3.63, 3.8) is 0 Å². The number of piperidine rings is 1. The maximum absolute atomic E-state index is 13.1. The summed E-state index contributed by atoms with van der Waals surface area (Å²) in [5, 5.41) is 0. The summed E-state index contributed by atoms with van der Waals surface area (Å²) >= 11 is 0. The Kier molecular flexibility index (Phi) is 5.46. The topological polar surface area (TPSA) is 64.5 Å². The molecule has 2 aliphatic heterocycles. The average Bonchev–Trinajstić information content (AvgIpc) is 2.97. The van der Waals surface area contributed by atoms with Gasteiger partial charge in [0.1, 0.15) is 11.9 Å². The van der Waals surface area contributed by atoms with E-state index >= 15 is 0 Å². The third kappa shape index (κ3) is 4.11. The Bertz CT molecular complexity index is 780. The van der Waals surface area contributed by atoms with Crippen LogP contribution in [0, 0.1) is 5.92 Å².